The largest absolute Gasteiger partial charge is 0.481 e. The zero-order valence-corrected chi connectivity index (χ0v) is 12.5. The molecule has 2 N–H and O–H groups in total. The first-order chi connectivity index (χ1) is 9.29. The van der Waals surface area contributed by atoms with Gasteiger partial charge in [0.2, 0.25) is 0 Å². The van der Waals surface area contributed by atoms with Crippen molar-refractivity contribution in [1.29, 1.82) is 0 Å². The van der Waals surface area contributed by atoms with Crippen LogP contribution < -0.4 is 0 Å². The van der Waals surface area contributed by atoms with Gasteiger partial charge in [-0.1, -0.05) is 38.1 Å². The van der Waals surface area contributed by atoms with Gasteiger partial charge >= 0.3 is 5.97 Å². The first-order valence-electron chi connectivity index (χ1n) is 7.34. The van der Waals surface area contributed by atoms with Crippen LogP contribution in [0.4, 0.5) is 0 Å². The SMILES string of the molecule is CC(C)C(C)(O)CC1(C(=O)O)CCCc2ccccc21. The molecule has 1 aromatic carbocycles. The lowest BCUT2D eigenvalue weighted by Gasteiger charge is -2.41. The summed E-state index contributed by atoms with van der Waals surface area (Å²) >= 11 is 0. The molecule has 0 heterocycles. The van der Waals surface area contributed by atoms with E-state index in [0.717, 1.165) is 24.0 Å². The molecule has 0 spiro atoms. The van der Waals surface area contributed by atoms with E-state index in [4.69, 9.17) is 0 Å². The van der Waals surface area contributed by atoms with Gasteiger partial charge in [-0.15, -0.1) is 0 Å². The van der Waals surface area contributed by atoms with E-state index in [-0.39, 0.29) is 12.3 Å². The highest BCUT2D eigenvalue weighted by Crippen LogP contribution is 2.44. The van der Waals surface area contributed by atoms with Gasteiger partial charge < -0.3 is 10.2 Å². The van der Waals surface area contributed by atoms with Gasteiger partial charge in [-0.05, 0) is 49.7 Å². The summed E-state index contributed by atoms with van der Waals surface area (Å²) in [5.41, 5.74) is 0.0613. The van der Waals surface area contributed by atoms with Gasteiger partial charge in [-0.25, -0.2) is 0 Å². The van der Waals surface area contributed by atoms with Crippen LogP contribution in [-0.2, 0) is 16.6 Å². The monoisotopic (exact) mass is 276 g/mol. The molecule has 3 heteroatoms. The van der Waals surface area contributed by atoms with Crippen molar-refractivity contribution in [2.24, 2.45) is 5.92 Å². The number of hydrogen-bond acceptors (Lipinski definition) is 2. The Morgan fingerprint density at radius 3 is 2.65 bits per heavy atom. The predicted octanol–water partition coefficient (Wildman–Crippen LogP) is 3.14. The number of carbonyl (C=O) groups is 1. The van der Waals surface area contributed by atoms with Crippen LogP contribution in [0.1, 0.15) is 51.2 Å². The summed E-state index contributed by atoms with van der Waals surface area (Å²) in [5.74, 6) is -0.793. The third-order valence-corrected chi connectivity index (χ3v) is 4.90. The van der Waals surface area contributed by atoms with Crippen molar-refractivity contribution in [2.45, 2.75) is 57.5 Å². The van der Waals surface area contributed by atoms with Gasteiger partial charge in [0.1, 0.15) is 0 Å². The average molecular weight is 276 g/mol. The zero-order chi connectivity index (χ0) is 15.0. The molecule has 2 unspecified atom stereocenters. The van der Waals surface area contributed by atoms with E-state index >= 15 is 0 Å². The van der Waals surface area contributed by atoms with Crippen LogP contribution in [0.3, 0.4) is 0 Å². The summed E-state index contributed by atoms with van der Waals surface area (Å²) in [6, 6.07) is 7.78. The van der Waals surface area contributed by atoms with Crippen molar-refractivity contribution in [3.8, 4) is 0 Å². The Morgan fingerprint density at radius 1 is 1.40 bits per heavy atom. The first-order valence-corrected chi connectivity index (χ1v) is 7.34. The molecule has 0 fully saturated rings. The summed E-state index contributed by atoms with van der Waals surface area (Å²) in [5, 5.41) is 20.5. The second-order valence-electron chi connectivity index (χ2n) is 6.59. The van der Waals surface area contributed by atoms with Crippen LogP contribution in [0, 0.1) is 5.92 Å². The van der Waals surface area contributed by atoms with Crippen molar-refractivity contribution in [2.75, 3.05) is 0 Å². The normalized spacial score (nSPS) is 25.1. The maximum absolute atomic E-state index is 12.0. The molecule has 0 aliphatic heterocycles. The molecule has 1 aromatic rings. The Kier molecular flexibility index (Phi) is 3.92. The fourth-order valence-electron chi connectivity index (χ4n) is 3.22. The number of benzene rings is 1. The van der Waals surface area contributed by atoms with Gasteiger partial charge in [0, 0.05) is 0 Å². The van der Waals surface area contributed by atoms with E-state index in [1.54, 1.807) is 6.92 Å². The highest BCUT2D eigenvalue weighted by atomic mass is 16.4. The Balaban J connectivity index is 2.50. The van der Waals surface area contributed by atoms with Crippen molar-refractivity contribution < 1.29 is 15.0 Å². The smallest absolute Gasteiger partial charge is 0.314 e. The van der Waals surface area contributed by atoms with Crippen molar-refractivity contribution in [3.63, 3.8) is 0 Å². The molecule has 2 atom stereocenters. The standard InChI is InChI=1S/C17H24O3/c1-12(2)16(3,20)11-17(15(18)19)10-6-8-13-7-4-5-9-14(13)17/h4-5,7,9,12,20H,6,8,10-11H2,1-3H3,(H,18,19). The topological polar surface area (TPSA) is 57.5 Å². The molecular weight excluding hydrogens is 252 g/mol. The minimum atomic E-state index is -0.983. The van der Waals surface area contributed by atoms with E-state index in [1.807, 2.05) is 38.1 Å². The average Bonchev–Trinajstić information content (AvgIpc) is 2.38. The van der Waals surface area contributed by atoms with Crippen molar-refractivity contribution in [3.05, 3.63) is 35.4 Å². The second kappa shape index (κ2) is 5.21. The van der Waals surface area contributed by atoms with Crippen LogP contribution in [0.15, 0.2) is 24.3 Å². The van der Waals surface area contributed by atoms with Gasteiger partial charge in [-0.3, -0.25) is 4.79 Å². The predicted molar refractivity (Wildman–Crippen MR) is 78.8 cm³/mol. The number of carboxylic acids is 1. The molecule has 0 bridgehead atoms. The zero-order valence-electron chi connectivity index (χ0n) is 12.5. The van der Waals surface area contributed by atoms with E-state index < -0.39 is 17.0 Å². The number of aliphatic carboxylic acids is 1. The third-order valence-electron chi connectivity index (χ3n) is 4.90. The summed E-state index contributed by atoms with van der Waals surface area (Å²) in [6.07, 6.45) is 2.65. The molecule has 0 aromatic heterocycles. The van der Waals surface area contributed by atoms with Crippen LogP contribution in [0.2, 0.25) is 0 Å². The van der Waals surface area contributed by atoms with Crippen molar-refractivity contribution >= 4 is 5.97 Å². The van der Waals surface area contributed by atoms with Gasteiger partial charge in [0.05, 0.1) is 11.0 Å². The lowest BCUT2D eigenvalue weighted by atomic mass is 9.63. The molecular formula is C17H24O3. The van der Waals surface area contributed by atoms with Crippen LogP contribution in [0.25, 0.3) is 0 Å². The van der Waals surface area contributed by atoms with Gasteiger partial charge in [0.25, 0.3) is 0 Å². The molecule has 0 saturated carbocycles. The molecule has 110 valence electrons. The summed E-state index contributed by atoms with van der Waals surface area (Å²) < 4.78 is 0. The van der Waals surface area contributed by atoms with E-state index in [2.05, 4.69) is 0 Å². The van der Waals surface area contributed by atoms with Crippen LogP contribution in [-0.4, -0.2) is 21.8 Å². The number of carboxylic acid groups (broad SMARTS) is 1. The quantitative estimate of drug-likeness (QED) is 0.888. The minimum Gasteiger partial charge on any atom is -0.481 e. The fourth-order valence-corrected chi connectivity index (χ4v) is 3.22. The van der Waals surface area contributed by atoms with E-state index in [0.29, 0.717) is 6.42 Å². The lowest BCUT2D eigenvalue weighted by Crippen LogP contribution is -2.47. The molecule has 1 aliphatic carbocycles. The molecule has 2 rings (SSSR count). The molecule has 3 nitrogen and oxygen atoms in total. The number of fused-ring (bicyclic) bond motifs is 1. The second-order valence-corrected chi connectivity index (χ2v) is 6.59. The molecule has 0 amide bonds. The minimum absolute atomic E-state index is 0.0211. The molecule has 1 aliphatic rings. The number of rotatable bonds is 4. The van der Waals surface area contributed by atoms with Crippen LogP contribution in [0.5, 0.6) is 0 Å². The Bertz CT molecular complexity index is 505. The van der Waals surface area contributed by atoms with Gasteiger partial charge in [0.15, 0.2) is 0 Å². The Labute approximate surface area is 120 Å². The first kappa shape index (κ1) is 15.0. The maximum atomic E-state index is 12.0. The molecule has 0 radical (unpaired) electrons. The maximum Gasteiger partial charge on any atom is 0.314 e. The number of aryl methyl sites for hydroxylation is 1. The highest BCUT2D eigenvalue weighted by Gasteiger charge is 2.48. The Morgan fingerprint density at radius 2 is 2.05 bits per heavy atom. The van der Waals surface area contributed by atoms with E-state index in [1.165, 1.54) is 0 Å². The fraction of sp³-hybridized carbons (Fsp3) is 0.588. The summed E-state index contributed by atoms with van der Waals surface area (Å²) in [4.78, 5) is 12.0. The molecule has 0 saturated heterocycles. The third kappa shape index (κ3) is 2.47. The Hall–Kier alpha value is -1.35. The molecule has 20 heavy (non-hydrogen) atoms. The number of aliphatic hydroxyl groups is 1. The highest BCUT2D eigenvalue weighted by molar-refractivity contribution is 5.82. The van der Waals surface area contributed by atoms with E-state index in [9.17, 15) is 15.0 Å². The lowest BCUT2D eigenvalue weighted by molar-refractivity contribution is -0.148. The van der Waals surface area contributed by atoms with Gasteiger partial charge in [-0.2, -0.15) is 0 Å². The number of hydrogen-bond donors (Lipinski definition) is 2. The van der Waals surface area contributed by atoms with Crippen LogP contribution >= 0.6 is 0 Å². The summed E-state index contributed by atoms with van der Waals surface area (Å²) in [6.45, 7) is 5.62. The summed E-state index contributed by atoms with van der Waals surface area (Å²) in [7, 11) is 0. The van der Waals surface area contributed by atoms with Crippen molar-refractivity contribution in [1.82, 2.24) is 0 Å².